The zero-order valence-electron chi connectivity index (χ0n) is 10.9. The average molecular weight is 291 g/mol. The summed E-state index contributed by atoms with van der Waals surface area (Å²) >= 11 is 6.02. The summed E-state index contributed by atoms with van der Waals surface area (Å²) in [5, 5.41) is 9.50. The van der Waals surface area contributed by atoms with Crippen LogP contribution in [0, 0.1) is 0 Å². The van der Waals surface area contributed by atoms with Crippen LogP contribution in [-0.2, 0) is 6.54 Å². The monoisotopic (exact) mass is 290 g/mol. The summed E-state index contributed by atoms with van der Waals surface area (Å²) in [4.78, 5) is 17.9. The minimum absolute atomic E-state index is 0.101. The zero-order valence-corrected chi connectivity index (χ0v) is 11.6. The number of carbonyl (C=O) groups excluding carboxylic acids is 1. The van der Waals surface area contributed by atoms with Gasteiger partial charge in [0, 0.05) is 25.5 Å². The summed E-state index contributed by atoms with van der Waals surface area (Å²) in [6.45, 7) is 0.570. The molecule has 0 spiro atoms. The molecule has 0 saturated carbocycles. The molecule has 1 aromatic heterocycles. The van der Waals surface area contributed by atoms with Gasteiger partial charge in [0.05, 0.1) is 17.2 Å². The number of carbonyl (C=O) groups is 1. The first kappa shape index (κ1) is 14.5. The number of pyridine rings is 1. The highest BCUT2D eigenvalue weighted by atomic mass is 35.5. The summed E-state index contributed by atoms with van der Waals surface area (Å²) in [6, 6.07) is 11.2. The van der Waals surface area contributed by atoms with Crippen LogP contribution in [0.1, 0.15) is 15.9 Å². The van der Waals surface area contributed by atoms with E-state index >= 15 is 0 Å². The fraction of sp³-hybridized carbons (Fsp3) is 0.200. The Morgan fingerprint density at radius 1 is 1.25 bits per heavy atom. The lowest BCUT2D eigenvalue weighted by Crippen LogP contribution is -2.33. The standard InChI is InChI=1S/C15H15ClN2O2/c16-14-6-7-17-10-13(14)15(20)18(8-9-19)11-12-4-2-1-3-5-12/h1-7,10,19H,8-9,11H2. The molecule has 2 rings (SSSR count). The number of benzene rings is 1. The molecule has 4 nitrogen and oxygen atoms in total. The number of aliphatic hydroxyl groups is 1. The molecule has 2 aromatic rings. The number of rotatable bonds is 5. The van der Waals surface area contributed by atoms with Crippen molar-refractivity contribution in [3.8, 4) is 0 Å². The molecule has 0 radical (unpaired) electrons. The van der Waals surface area contributed by atoms with Crippen molar-refractivity contribution in [1.29, 1.82) is 0 Å². The van der Waals surface area contributed by atoms with Gasteiger partial charge in [-0.15, -0.1) is 0 Å². The van der Waals surface area contributed by atoms with Crippen LogP contribution in [0.4, 0.5) is 0 Å². The van der Waals surface area contributed by atoms with Crippen LogP contribution in [0.3, 0.4) is 0 Å². The zero-order chi connectivity index (χ0) is 14.4. The number of amides is 1. The normalized spacial score (nSPS) is 10.3. The van der Waals surface area contributed by atoms with Crippen molar-refractivity contribution < 1.29 is 9.90 Å². The number of aliphatic hydroxyl groups excluding tert-OH is 1. The van der Waals surface area contributed by atoms with E-state index in [1.807, 2.05) is 30.3 Å². The Kier molecular flexibility index (Phi) is 5.09. The van der Waals surface area contributed by atoms with Crippen molar-refractivity contribution in [3.63, 3.8) is 0 Å². The third-order valence-electron chi connectivity index (χ3n) is 2.87. The second kappa shape index (κ2) is 7.03. The predicted molar refractivity (Wildman–Crippen MR) is 77.5 cm³/mol. The van der Waals surface area contributed by atoms with Gasteiger partial charge in [0.1, 0.15) is 0 Å². The topological polar surface area (TPSA) is 53.4 Å². The smallest absolute Gasteiger partial charge is 0.257 e. The van der Waals surface area contributed by atoms with Crippen molar-refractivity contribution in [2.24, 2.45) is 0 Å². The molecule has 0 saturated heterocycles. The fourth-order valence-corrected chi connectivity index (χ4v) is 2.07. The number of nitrogens with zero attached hydrogens (tertiary/aromatic N) is 2. The summed E-state index contributed by atoms with van der Waals surface area (Å²) in [6.07, 6.45) is 2.98. The van der Waals surface area contributed by atoms with Crippen LogP contribution >= 0.6 is 11.6 Å². The van der Waals surface area contributed by atoms with Gasteiger partial charge in [-0.2, -0.15) is 0 Å². The van der Waals surface area contributed by atoms with Gasteiger partial charge in [-0.3, -0.25) is 9.78 Å². The maximum Gasteiger partial charge on any atom is 0.257 e. The van der Waals surface area contributed by atoms with Crippen LogP contribution in [0.5, 0.6) is 0 Å². The van der Waals surface area contributed by atoms with Crippen molar-refractivity contribution in [2.45, 2.75) is 6.54 Å². The largest absolute Gasteiger partial charge is 0.395 e. The number of aromatic nitrogens is 1. The minimum atomic E-state index is -0.235. The molecular weight excluding hydrogens is 276 g/mol. The molecule has 20 heavy (non-hydrogen) atoms. The van der Waals surface area contributed by atoms with Gasteiger partial charge in [0.25, 0.3) is 5.91 Å². The second-order valence-electron chi connectivity index (χ2n) is 4.29. The Labute approximate surface area is 122 Å². The molecule has 0 aliphatic carbocycles. The summed E-state index contributed by atoms with van der Waals surface area (Å²) in [5.41, 5.74) is 1.34. The molecule has 0 bridgehead atoms. The lowest BCUT2D eigenvalue weighted by Gasteiger charge is -2.22. The summed E-state index contributed by atoms with van der Waals surface area (Å²) < 4.78 is 0. The van der Waals surface area contributed by atoms with E-state index in [0.717, 1.165) is 5.56 Å². The van der Waals surface area contributed by atoms with Gasteiger partial charge in [-0.05, 0) is 11.6 Å². The van der Waals surface area contributed by atoms with E-state index in [2.05, 4.69) is 4.98 Å². The first-order valence-corrected chi connectivity index (χ1v) is 6.63. The second-order valence-corrected chi connectivity index (χ2v) is 4.70. The van der Waals surface area contributed by atoms with Crippen molar-refractivity contribution in [1.82, 2.24) is 9.88 Å². The third-order valence-corrected chi connectivity index (χ3v) is 3.20. The molecular formula is C15H15ClN2O2. The van der Waals surface area contributed by atoms with Crippen LogP contribution < -0.4 is 0 Å². The number of hydrogen-bond acceptors (Lipinski definition) is 3. The molecule has 0 unspecified atom stereocenters. The molecule has 0 aliphatic rings. The molecule has 5 heteroatoms. The predicted octanol–water partition coefficient (Wildman–Crippen LogP) is 2.37. The lowest BCUT2D eigenvalue weighted by molar-refractivity contribution is 0.0707. The molecule has 1 N–H and O–H groups in total. The van der Waals surface area contributed by atoms with Crippen LogP contribution in [0.25, 0.3) is 0 Å². The van der Waals surface area contributed by atoms with Gasteiger partial charge in [0.15, 0.2) is 0 Å². The molecule has 1 heterocycles. The third kappa shape index (κ3) is 3.56. The van der Waals surface area contributed by atoms with E-state index in [-0.39, 0.29) is 19.1 Å². The molecule has 1 amide bonds. The molecule has 0 atom stereocenters. The van der Waals surface area contributed by atoms with Crippen molar-refractivity contribution in [3.05, 3.63) is 64.9 Å². The SMILES string of the molecule is O=C(c1cnccc1Cl)N(CCO)Cc1ccccc1. The quantitative estimate of drug-likeness (QED) is 0.920. The highest BCUT2D eigenvalue weighted by Gasteiger charge is 2.18. The summed E-state index contributed by atoms with van der Waals surface area (Å²) in [5.74, 6) is -0.235. The maximum atomic E-state index is 12.5. The van der Waals surface area contributed by atoms with Crippen molar-refractivity contribution in [2.75, 3.05) is 13.2 Å². The van der Waals surface area contributed by atoms with E-state index < -0.39 is 0 Å². The first-order chi connectivity index (χ1) is 9.72. The van der Waals surface area contributed by atoms with E-state index in [9.17, 15) is 4.79 Å². The Morgan fingerprint density at radius 2 is 2.00 bits per heavy atom. The van der Waals surface area contributed by atoms with E-state index in [0.29, 0.717) is 17.1 Å². The maximum absolute atomic E-state index is 12.5. The number of hydrogen-bond donors (Lipinski definition) is 1. The lowest BCUT2D eigenvalue weighted by atomic mass is 10.2. The molecule has 104 valence electrons. The number of halogens is 1. The highest BCUT2D eigenvalue weighted by molar-refractivity contribution is 6.33. The van der Waals surface area contributed by atoms with Gasteiger partial charge < -0.3 is 10.0 Å². The van der Waals surface area contributed by atoms with Crippen LogP contribution in [-0.4, -0.2) is 34.0 Å². The first-order valence-electron chi connectivity index (χ1n) is 6.26. The van der Waals surface area contributed by atoms with Gasteiger partial charge in [-0.25, -0.2) is 0 Å². The Morgan fingerprint density at radius 3 is 2.65 bits per heavy atom. The Hall–Kier alpha value is -1.91. The van der Waals surface area contributed by atoms with Crippen LogP contribution in [0.15, 0.2) is 48.8 Å². The summed E-state index contributed by atoms with van der Waals surface area (Å²) in [7, 11) is 0. The highest BCUT2D eigenvalue weighted by Crippen LogP contribution is 2.17. The van der Waals surface area contributed by atoms with Gasteiger partial charge >= 0.3 is 0 Å². The Bertz CT molecular complexity index is 575. The van der Waals surface area contributed by atoms with Crippen molar-refractivity contribution >= 4 is 17.5 Å². The average Bonchev–Trinajstić information content (AvgIpc) is 2.48. The van der Waals surface area contributed by atoms with E-state index in [1.54, 1.807) is 11.0 Å². The molecule has 0 fully saturated rings. The molecule has 0 aliphatic heterocycles. The minimum Gasteiger partial charge on any atom is -0.395 e. The van der Waals surface area contributed by atoms with Gasteiger partial charge in [-0.1, -0.05) is 41.9 Å². The van der Waals surface area contributed by atoms with Crippen LogP contribution in [0.2, 0.25) is 5.02 Å². The molecule has 1 aromatic carbocycles. The van der Waals surface area contributed by atoms with E-state index in [1.165, 1.54) is 12.4 Å². The fourth-order valence-electron chi connectivity index (χ4n) is 1.88. The Balaban J connectivity index is 2.20. The van der Waals surface area contributed by atoms with Gasteiger partial charge in [0.2, 0.25) is 0 Å². The van der Waals surface area contributed by atoms with E-state index in [4.69, 9.17) is 16.7 Å².